The Hall–Kier alpha value is -3.15. The van der Waals surface area contributed by atoms with Crippen molar-refractivity contribution in [3.05, 3.63) is 66.0 Å². The van der Waals surface area contributed by atoms with Crippen LogP contribution in [-0.4, -0.2) is 34.6 Å². The molecule has 2 heterocycles. The number of carbonyl (C=O) groups excluding carboxylic acids is 1. The van der Waals surface area contributed by atoms with E-state index >= 15 is 0 Å². The Balaban J connectivity index is 1.94. The van der Waals surface area contributed by atoms with Gasteiger partial charge in [-0.1, -0.05) is 0 Å². The molecule has 25 heavy (non-hydrogen) atoms. The van der Waals surface area contributed by atoms with E-state index in [1.54, 1.807) is 43.7 Å². The van der Waals surface area contributed by atoms with Gasteiger partial charge in [-0.15, -0.1) is 0 Å². The van der Waals surface area contributed by atoms with Gasteiger partial charge in [-0.3, -0.25) is 9.78 Å². The largest absolute Gasteiger partial charge is 0.497 e. The van der Waals surface area contributed by atoms with Crippen molar-refractivity contribution in [1.82, 2.24) is 14.5 Å². The number of imidazole rings is 1. The Bertz CT molecular complexity index is 903. The molecule has 0 saturated carbocycles. The Labute approximate surface area is 146 Å². The summed E-state index contributed by atoms with van der Waals surface area (Å²) in [4.78, 5) is 22.8. The molecule has 0 bridgehead atoms. The molecule has 0 fully saturated rings. The monoisotopic (exact) mass is 336 g/mol. The summed E-state index contributed by atoms with van der Waals surface area (Å²) in [6, 6.07) is 9.44. The molecular formula is C19H20N4O2. The van der Waals surface area contributed by atoms with Crippen LogP contribution in [0.15, 0.2) is 48.9 Å². The van der Waals surface area contributed by atoms with Crippen molar-refractivity contribution in [2.45, 2.75) is 13.8 Å². The van der Waals surface area contributed by atoms with Crippen LogP contribution in [0.25, 0.3) is 5.69 Å². The maximum Gasteiger partial charge on any atom is 0.278 e. The van der Waals surface area contributed by atoms with E-state index in [1.807, 2.05) is 42.7 Å². The van der Waals surface area contributed by atoms with Gasteiger partial charge in [-0.2, -0.15) is 0 Å². The smallest absolute Gasteiger partial charge is 0.278 e. The molecule has 2 aromatic heterocycles. The Morgan fingerprint density at radius 3 is 2.68 bits per heavy atom. The number of hydrogen-bond acceptors (Lipinski definition) is 4. The minimum Gasteiger partial charge on any atom is -0.497 e. The molecule has 0 aliphatic carbocycles. The molecule has 0 saturated heterocycles. The Kier molecular flexibility index (Phi) is 4.52. The van der Waals surface area contributed by atoms with Crippen LogP contribution in [0.1, 0.15) is 21.9 Å². The average molecular weight is 336 g/mol. The number of nitrogens with zero attached hydrogens (tertiary/aromatic N) is 4. The highest BCUT2D eigenvalue weighted by Crippen LogP contribution is 2.22. The molecule has 0 aliphatic heterocycles. The van der Waals surface area contributed by atoms with E-state index in [2.05, 4.69) is 9.97 Å². The molecule has 0 aliphatic rings. The van der Waals surface area contributed by atoms with Crippen LogP contribution < -0.4 is 9.64 Å². The van der Waals surface area contributed by atoms with E-state index in [0.29, 0.717) is 5.69 Å². The van der Waals surface area contributed by atoms with Crippen molar-refractivity contribution >= 4 is 11.6 Å². The summed E-state index contributed by atoms with van der Waals surface area (Å²) in [5.74, 6) is 1.36. The second kappa shape index (κ2) is 6.76. The summed E-state index contributed by atoms with van der Waals surface area (Å²) in [6.07, 6.45) is 5.09. The summed E-state index contributed by atoms with van der Waals surface area (Å²) < 4.78 is 7.16. The number of rotatable bonds is 4. The first kappa shape index (κ1) is 16.7. The predicted molar refractivity (Wildman–Crippen MR) is 96.6 cm³/mol. The van der Waals surface area contributed by atoms with E-state index < -0.39 is 0 Å². The molecule has 0 atom stereocenters. The number of amides is 1. The van der Waals surface area contributed by atoms with Crippen molar-refractivity contribution in [2.24, 2.45) is 0 Å². The molecule has 1 aromatic carbocycles. The number of pyridine rings is 1. The van der Waals surface area contributed by atoms with Crippen LogP contribution in [0.3, 0.4) is 0 Å². The second-order valence-electron chi connectivity index (χ2n) is 5.77. The minimum absolute atomic E-state index is 0.180. The lowest BCUT2D eigenvalue weighted by molar-refractivity contribution is 0.0988. The number of ether oxygens (including phenoxy) is 1. The molecule has 0 radical (unpaired) electrons. The summed E-state index contributed by atoms with van der Waals surface area (Å²) >= 11 is 0. The van der Waals surface area contributed by atoms with Crippen molar-refractivity contribution in [1.29, 1.82) is 0 Å². The van der Waals surface area contributed by atoms with Crippen LogP contribution in [0.2, 0.25) is 0 Å². The first-order valence-corrected chi connectivity index (χ1v) is 7.90. The molecule has 0 unspecified atom stereocenters. The number of anilines is 1. The Morgan fingerprint density at radius 2 is 2.04 bits per heavy atom. The summed E-state index contributed by atoms with van der Waals surface area (Å²) in [5.41, 5.74) is 3.12. The third-order valence-corrected chi connectivity index (χ3v) is 4.10. The van der Waals surface area contributed by atoms with Crippen molar-refractivity contribution in [3.8, 4) is 11.4 Å². The van der Waals surface area contributed by atoms with Gasteiger partial charge in [0.2, 0.25) is 0 Å². The van der Waals surface area contributed by atoms with Gasteiger partial charge in [0.15, 0.2) is 0 Å². The number of aromatic nitrogens is 3. The zero-order valence-electron chi connectivity index (χ0n) is 14.7. The van der Waals surface area contributed by atoms with Gasteiger partial charge in [-0.25, -0.2) is 4.98 Å². The average Bonchev–Trinajstić information content (AvgIpc) is 3.02. The topological polar surface area (TPSA) is 60.2 Å². The normalized spacial score (nSPS) is 10.6. The molecule has 1 amide bonds. The van der Waals surface area contributed by atoms with Crippen LogP contribution in [0, 0.1) is 13.8 Å². The molecule has 6 nitrogen and oxygen atoms in total. The number of aryl methyl sites for hydroxylation is 2. The fourth-order valence-corrected chi connectivity index (χ4v) is 2.69. The van der Waals surface area contributed by atoms with Gasteiger partial charge >= 0.3 is 0 Å². The van der Waals surface area contributed by atoms with Gasteiger partial charge in [0.25, 0.3) is 5.91 Å². The lowest BCUT2D eigenvalue weighted by atomic mass is 10.2. The van der Waals surface area contributed by atoms with Gasteiger partial charge in [-0.05, 0) is 49.7 Å². The highest BCUT2D eigenvalue weighted by atomic mass is 16.5. The van der Waals surface area contributed by atoms with Gasteiger partial charge < -0.3 is 14.2 Å². The van der Waals surface area contributed by atoms with Gasteiger partial charge in [0.1, 0.15) is 17.3 Å². The second-order valence-corrected chi connectivity index (χ2v) is 5.77. The molecular weight excluding hydrogens is 316 g/mol. The Morgan fingerprint density at radius 1 is 1.24 bits per heavy atom. The number of hydrogen-bond donors (Lipinski definition) is 0. The van der Waals surface area contributed by atoms with Crippen molar-refractivity contribution in [2.75, 3.05) is 19.1 Å². The molecule has 128 valence electrons. The third kappa shape index (κ3) is 3.24. The van der Waals surface area contributed by atoms with Crippen LogP contribution >= 0.6 is 0 Å². The molecule has 0 spiro atoms. The summed E-state index contributed by atoms with van der Waals surface area (Å²) in [6.45, 7) is 3.88. The first-order chi connectivity index (χ1) is 12.0. The van der Waals surface area contributed by atoms with Crippen LogP contribution in [-0.2, 0) is 0 Å². The maximum atomic E-state index is 12.7. The highest BCUT2D eigenvalue weighted by molar-refractivity contribution is 6.04. The SMILES string of the molecule is COc1ccc(-n2cc(C(=O)N(C)c3cccnc3)nc2C)c(C)c1. The van der Waals surface area contributed by atoms with Gasteiger partial charge in [0, 0.05) is 25.1 Å². The molecule has 3 rings (SSSR count). The van der Waals surface area contributed by atoms with Gasteiger partial charge in [0.05, 0.1) is 19.0 Å². The van der Waals surface area contributed by atoms with E-state index in [4.69, 9.17) is 4.74 Å². The van der Waals surface area contributed by atoms with E-state index in [-0.39, 0.29) is 5.91 Å². The third-order valence-electron chi connectivity index (χ3n) is 4.10. The predicted octanol–water partition coefficient (Wildman–Crippen LogP) is 3.17. The molecule has 0 N–H and O–H groups in total. The summed E-state index contributed by atoms with van der Waals surface area (Å²) in [5, 5.41) is 0. The first-order valence-electron chi connectivity index (χ1n) is 7.90. The van der Waals surface area contributed by atoms with Crippen molar-refractivity contribution in [3.63, 3.8) is 0 Å². The highest BCUT2D eigenvalue weighted by Gasteiger charge is 2.19. The standard InChI is InChI=1S/C19H20N4O2/c1-13-10-16(25-4)7-8-18(13)23-12-17(21-14(23)2)19(24)22(3)15-6-5-9-20-11-15/h5-12H,1-4H3. The van der Waals surface area contributed by atoms with E-state index in [1.165, 1.54) is 0 Å². The fourth-order valence-electron chi connectivity index (χ4n) is 2.69. The molecule has 6 heteroatoms. The van der Waals surface area contributed by atoms with Crippen LogP contribution in [0.4, 0.5) is 5.69 Å². The number of benzene rings is 1. The quantitative estimate of drug-likeness (QED) is 0.734. The van der Waals surface area contributed by atoms with Crippen LogP contribution in [0.5, 0.6) is 5.75 Å². The van der Waals surface area contributed by atoms with E-state index in [0.717, 1.165) is 28.5 Å². The lowest BCUT2D eigenvalue weighted by Gasteiger charge is -2.15. The zero-order valence-corrected chi connectivity index (χ0v) is 14.7. The minimum atomic E-state index is -0.180. The number of methoxy groups -OCH3 is 1. The van der Waals surface area contributed by atoms with E-state index in [9.17, 15) is 4.79 Å². The summed E-state index contributed by atoms with van der Waals surface area (Å²) in [7, 11) is 3.36. The zero-order chi connectivity index (χ0) is 18.0. The fraction of sp³-hybridized carbons (Fsp3) is 0.211. The maximum absolute atomic E-state index is 12.7. The molecule has 3 aromatic rings. The lowest BCUT2D eigenvalue weighted by Crippen LogP contribution is -2.26. The number of carbonyl (C=O) groups is 1. The van der Waals surface area contributed by atoms with Crippen molar-refractivity contribution < 1.29 is 9.53 Å².